The van der Waals surface area contributed by atoms with Crippen LogP contribution in [0.4, 0.5) is 10.1 Å². The second kappa shape index (κ2) is 4.88. The van der Waals surface area contributed by atoms with Crippen LogP contribution in [0.1, 0.15) is 0 Å². The molecule has 2 aromatic heterocycles. The summed E-state index contributed by atoms with van der Waals surface area (Å²) in [6, 6.07) is 6.95. The molecule has 2 N–H and O–H groups in total. The Kier molecular flexibility index (Phi) is 3.45. The van der Waals surface area contributed by atoms with Crippen molar-refractivity contribution in [3.8, 4) is 10.6 Å². The van der Waals surface area contributed by atoms with E-state index in [9.17, 15) is 4.39 Å². The number of benzene rings is 1. The van der Waals surface area contributed by atoms with E-state index in [2.05, 4.69) is 9.97 Å². The molecule has 0 saturated carbocycles. The van der Waals surface area contributed by atoms with Gasteiger partial charge in [-0.2, -0.15) is 0 Å². The Labute approximate surface area is 113 Å². The number of aromatic nitrogens is 2. The van der Waals surface area contributed by atoms with Crippen molar-refractivity contribution in [1.82, 2.24) is 9.97 Å². The largest absolute Gasteiger partial charge is 0.399 e. The predicted octanol–water partition coefficient (Wildman–Crippen LogP) is 3.50. The van der Waals surface area contributed by atoms with Crippen LogP contribution in [-0.4, -0.2) is 9.97 Å². The fraction of sp³-hybridized carbons (Fsp3) is 0. The molecule has 0 amide bonds. The summed E-state index contributed by atoms with van der Waals surface area (Å²) in [5.74, 6) is -0.360. The summed E-state index contributed by atoms with van der Waals surface area (Å²) in [6.45, 7) is 0. The highest BCUT2D eigenvalue weighted by Gasteiger charge is 2.07. The van der Waals surface area contributed by atoms with Crippen LogP contribution in [0.3, 0.4) is 0 Å². The SMILES string of the molecule is Cl.Nc1ccc2nc(-c3cncc(F)c3)sc2c1. The van der Waals surface area contributed by atoms with E-state index in [1.807, 2.05) is 12.1 Å². The molecule has 0 aliphatic carbocycles. The zero-order valence-corrected chi connectivity index (χ0v) is 10.8. The standard InChI is InChI=1S/C12H8FN3S.ClH/c13-8-3-7(5-15-6-8)12-16-10-2-1-9(14)4-11(10)17-12;/h1-6H,14H2;1H. The van der Waals surface area contributed by atoms with Crippen LogP contribution in [0.25, 0.3) is 20.8 Å². The first-order chi connectivity index (χ1) is 8.22. The van der Waals surface area contributed by atoms with Gasteiger partial charge in [-0.05, 0) is 24.3 Å². The molecule has 0 saturated heterocycles. The molecule has 0 unspecified atom stereocenters. The summed E-state index contributed by atoms with van der Waals surface area (Å²) < 4.78 is 14.1. The Morgan fingerprint density at radius 3 is 2.78 bits per heavy atom. The molecule has 6 heteroatoms. The molecular weight excluding hydrogens is 273 g/mol. The molecule has 0 bridgehead atoms. The first-order valence-electron chi connectivity index (χ1n) is 4.99. The molecule has 3 aromatic rings. The number of pyridine rings is 1. The topological polar surface area (TPSA) is 51.8 Å². The Hall–Kier alpha value is -1.72. The van der Waals surface area contributed by atoms with Gasteiger partial charge in [0.25, 0.3) is 0 Å². The maximum atomic E-state index is 13.1. The maximum Gasteiger partial charge on any atom is 0.142 e. The fourth-order valence-electron chi connectivity index (χ4n) is 1.59. The van der Waals surface area contributed by atoms with E-state index in [1.165, 1.54) is 23.6 Å². The molecule has 1 aromatic carbocycles. The number of fused-ring (bicyclic) bond motifs is 1. The van der Waals surface area contributed by atoms with Gasteiger partial charge in [0, 0.05) is 17.4 Å². The van der Waals surface area contributed by atoms with Crippen molar-refractivity contribution in [1.29, 1.82) is 0 Å². The molecule has 0 aliphatic heterocycles. The third-order valence-electron chi connectivity index (χ3n) is 2.36. The molecule has 0 fully saturated rings. The van der Waals surface area contributed by atoms with Crippen molar-refractivity contribution in [3.05, 3.63) is 42.5 Å². The van der Waals surface area contributed by atoms with Crippen LogP contribution in [0.5, 0.6) is 0 Å². The molecule has 3 nitrogen and oxygen atoms in total. The number of nitrogen functional groups attached to an aromatic ring is 1. The van der Waals surface area contributed by atoms with Crippen molar-refractivity contribution < 1.29 is 4.39 Å². The van der Waals surface area contributed by atoms with Crippen molar-refractivity contribution in [2.24, 2.45) is 0 Å². The van der Waals surface area contributed by atoms with Gasteiger partial charge in [0.1, 0.15) is 10.8 Å². The molecule has 0 radical (unpaired) electrons. The van der Waals surface area contributed by atoms with E-state index in [0.717, 1.165) is 15.2 Å². The second-order valence-corrected chi connectivity index (χ2v) is 4.67. The van der Waals surface area contributed by atoms with Gasteiger partial charge in [-0.3, -0.25) is 4.98 Å². The zero-order valence-electron chi connectivity index (χ0n) is 9.13. The lowest BCUT2D eigenvalue weighted by molar-refractivity contribution is 0.622. The highest BCUT2D eigenvalue weighted by atomic mass is 35.5. The first-order valence-corrected chi connectivity index (χ1v) is 5.81. The van der Waals surface area contributed by atoms with Crippen LogP contribution < -0.4 is 5.73 Å². The van der Waals surface area contributed by atoms with Gasteiger partial charge >= 0.3 is 0 Å². The third-order valence-corrected chi connectivity index (χ3v) is 3.43. The molecule has 92 valence electrons. The summed E-state index contributed by atoms with van der Waals surface area (Å²) in [4.78, 5) is 8.24. The quantitative estimate of drug-likeness (QED) is 0.695. The average Bonchev–Trinajstić information content (AvgIpc) is 2.72. The van der Waals surface area contributed by atoms with Gasteiger partial charge in [-0.25, -0.2) is 9.37 Å². The van der Waals surface area contributed by atoms with Crippen LogP contribution in [0, 0.1) is 5.82 Å². The number of rotatable bonds is 1. The van der Waals surface area contributed by atoms with Gasteiger partial charge in [0.2, 0.25) is 0 Å². The molecule has 0 spiro atoms. The van der Waals surface area contributed by atoms with Crippen LogP contribution in [0.15, 0.2) is 36.7 Å². The minimum Gasteiger partial charge on any atom is -0.399 e. The Balaban J connectivity index is 0.00000120. The summed E-state index contributed by atoms with van der Waals surface area (Å²) in [5, 5.41) is 0.748. The van der Waals surface area contributed by atoms with Crippen molar-refractivity contribution in [3.63, 3.8) is 0 Å². The summed E-state index contributed by atoms with van der Waals surface area (Å²) in [5.41, 5.74) is 7.95. The molecule has 18 heavy (non-hydrogen) atoms. The fourth-order valence-corrected chi connectivity index (χ4v) is 2.59. The molecule has 3 rings (SSSR count). The van der Waals surface area contributed by atoms with Crippen LogP contribution in [0.2, 0.25) is 0 Å². The molecule has 0 aliphatic rings. The van der Waals surface area contributed by atoms with E-state index in [-0.39, 0.29) is 18.2 Å². The van der Waals surface area contributed by atoms with E-state index in [4.69, 9.17) is 5.73 Å². The lowest BCUT2D eigenvalue weighted by Gasteiger charge is -1.93. The Morgan fingerprint density at radius 1 is 1.17 bits per heavy atom. The Morgan fingerprint density at radius 2 is 2.00 bits per heavy atom. The number of nitrogens with two attached hydrogens (primary N) is 1. The lowest BCUT2D eigenvalue weighted by Crippen LogP contribution is -1.82. The summed E-state index contributed by atoms with van der Waals surface area (Å²) in [6.07, 6.45) is 2.78. The first kappa shape index (κ1) is 12.7. The van der Waals surface area contributed by atoms with Crippen molar-refractivity contribution in [2.45, 2.75) is 0 Å². The monoisotopic (exact) mass is 281 g/mol. The average molecular weight is 282 g/mol. The van der Waals surface area contributed by atoms with Crippen LogP contribution in [-0.2, 0) is 0 Å². The number of halogens is 2. The molecule has 2 heterocycles. The maximum absolute atomic E-state index is 13.1. The van der Waals surface area contributed by atoms with E-state index in [0.29, 0.717) is 11.3 Å². The highest BCUT2D eigenvalue weighted by Crippen LogP contribution is 2.30. The normalized spacial score (nSPS) is 10.3. The lowest BCUT2D eigenvalue weighted by atomic mass is 10.3. The van der Waals surface area contributed by atoms with E-state index >= 15 is 0 Å². The minimum atomic E-state index is -0.360. The van der Waals surface area contributed by atoms with Crippen LogP contribution >= 0.6 is 23.7 Å². The Bertz CT molecular complexity index is 699. The molecular formula is C12H9ClFN3S. The van der Waals surface area contributed by atoms with E-state index < -0.39 is 0 Å². The van der Waals surface area contributed by atoms with Crippen molar-refractivity contribution in [2.75, 3.05) is 5.73 Å². The van der Waals surface area contributed by atoms with Gasteiger partial charge in [-0.1, -0.05) is 0 Å². The highest BCUT2D eigenvalue weighted by molar-refractivity contribution is 7.21. The van der Waals surface area contributed by atoms with Gasteiger partial charge in [0.15, 0.2) is 0 Å². The van der Waals surface area contributed by atoms with Gasteiger partial charge < -0.3 is 5.73 Å². The van der Waals surface area contributed by atoms with Gasteiger partial charge in [-0.15, -0.1) is 23.7 Å². The number of anilines is 1. The third kappa shape index (κ3) is 2.27. The molecule has 0 atom stereocenters. The zero-order chi connectivity index (χ0) is 11.8. The predicted molar refractivity (Wildman–Crippen MR) is 74.5 cm³/mol. The number of hydrogen-bond donors (Lipinski definition) is 1. The van der Waals surface area contributed by atoms with Gasteiger partial charge in [0.05, 0.1) is 16.4 Å². The summed E-state index contributed by atoms with van der Waals surface area (Å²) in [7, 11) is 0. The summed E-state index contributed by atoms with van der Waals surface area (Å²) >= 11 is 1.48. The second-order valence-electron chi connectivity index (χ2n) is 3.64. The smallest absolute Gasteiger partial charge is 0.142 e. The van der Waals surface area contributed by atoms with E-state index in [1.54, 1.807) is 12.3 Å². The number of nitrogens with zero attached hydrogens (tertiary/aromatic N) is 2. The number of hydrogen-bond acceptors (Lipinski definition) is 4. The van der Waals surface area contributed by atoms with Crippen molar-refractivity contribution >= 4 is 39.6 Å². The number of thiazole rings is 1. The minimum absolute atomic E-state index is 0.